The average molecular weight is 240 g/mol. The van der Waals surface area contributed by atoms with Crippen LogP contribution in [0, 0.1) is 0 Å². The number of nitrogens with one attached hydrogen (secondary N) is 1. The fourth-order valence-electron chi connectivity index (χ4n) is 2.69. The van der Waals surface area contributed by atoms with Crippen LogP contribution in [0.3, 0.4) is 0 Å². The summed E-state index contributed by atoms with van der Waals surface area (Å²) >= 11 is 0. The van der Waals surface area contributed by atoms with E-state index in [4.69, 9.17) is 0 Å². The summed E-state index contributed by atoms with van der Waals surface area (Å²) in [6.07, 6.45) is 9.54. The van der Waals surface area contributed by atoms with Gasteiger partial charge in [0, 0.05) is 12.1 Å². The summed E-state index contributed by atoms with van der Waals surface area (Å²) in [6.45, 7) is 12.0. The van der Waals surface area contributed by atoms with Crippen molar-refractivity contribution in [1.82, 2.24) is 10.2 Å². The first-order chi connectivity index (χ1) is 8.20. The summed E-state index contributed by atoms with van der Waals surface area (Å²) in [5.41, 5.74) is 0.347. The quantitative estimate of drug-likeness (QED) is 0.686. The lowest BCUT2D eigenvalue weighted by molar-refractivity contribution is 0.211. The van der Waals surface area contributed by atoms with Crippen molar-refractivity contribution in [2.45, 2.75) is 71.3 Å². The molecule has 1 aliphatic heterocycles. The Hall–Kier alpha value is -0.0800. The van der Waals surface area contributed by atoms with E-state index in [9.17, 15) is 0 Å². The summed E-state index contributed by atoms with van der Waals surface area (Å²) in [7, 11) is 0. The molecule has 1 unspecified atom stereocenters. The molecule has 1 saturated heterocycles. The van der Waals surface area contributed by atoms with Crippen LogP contribution in [-0.4, -0.2) is 36.6 Å². The molecule has 1 aliphatic rings. The molecule has 1 N–H and O–H groups in total. The van der Waals surface area contributed by atoms with Gasteiger partial charge in [0.25, 0.3) is 0 Å². The van der Waals surface area contributed by atoms with Crippen molar-refractivity contribution in [3.63, 3.8) is 0 Å². The van der Waals surface area contributed by atoms with E-state index in [0.717, 1.165) is 0 Å². The Labute approximate surface area is 108 Å². The first kappa shape index (κ1) is 15.0. The SMILES string of the molecule is CCCCCCCN1CCCNC(C)(CC)C1. The van der Waals surface area contributed by atoms with E-state index in [1.54, 1.807) is 0 Å². The maximum absolute atomic E-state index is 3.71. The molecular formula is C15H32N2. The van der Waals surface area contributed by atoms with Gasteiger partial charge in [0.15, 0.2) is 0 Å². The van der Waals surface area contributed by atoms with Gasteiger partial charge in [-0.1, -0.05) is 39.5 Å². The van der Waals surface area contributed by atoms with Crippen LogP contribution in [0.15, 0.2) is 0 Å². The Balaban J connectivity index is 2.22. The van der Waals surface area contributed by atoms with Crippen LogP contribution < -0.4 is 5.32 Å². The summed E-state index contributed by atoms with van der Waals surface area (Å²) in [6, 6.07) is 0. The smallest absolute Gasteiger partial charge is 0.0277 e. The van der Waals surface area contributed by atoms with Gasteiger partial charge in [-0.15, -0.1) is 0 Å². The van der Waals surface area contributed by atoms with Gasteiger partial charge in [0.05, 0.1) is 0 Å². The van der Waals surface area contributed by atoms with Crippen molar-refractivity contribution in [2.24, 2.45) is 0 Å². The van der Waals surface area contributed by atoms with Gasteiger partial charge in [-0.3, -0.25) is 0 Å². The Morgan fingerprint density at radius 2 is 1.88 bits per heavy atom. The molecule has 0 aliphatic carbocycles. The van der Waals surface area contributed by atoms with Crippen molar-refractivity contribution < 1.29 is 0 Å². The normalized spacial score (nSPS) is 27.0. The third-order valence-electron chi connectivity index (χ3n) is 4.13. The van der Waals surface area contributed by atoms with Gasteiger partial charge in [0.2, 0.25) is 0 Å². The molecular weight excluding hydrogens is 208 g/mol. The van der Waals surface area contributed by atoms with Gasteiger partial charge in [-0.2, -0.15) is 0 Å². The molecule has 0 spiro atoms. The molecule has 17 heavy (non-hydrogen) atoms. The van der Waals surface area contributed by atoms with Crippen LogP contribution in [0.2, 0.25) is 0 Å². The maximum atomic E-state index is 3.71. The number of hydrogen-bond acceptors (Lipinski definition) is 2. The van der Waals surface area contributed by atoms with Crippen LogP contribution >= 0.6 is 0 Å². The Morgan fingerprint density at radius 1 is 1.12 bits per heavy atom. The minimum atomic E-state index is 0.347. The summed E-state index contributed by atoms with van der Waals surface area (Å²) in [4.78, 5) is 2.68. The number of unbranched alkanes of at least 4 members (excludes halogenated alkanes) is 4. The van der Waals surface area contributed by atoms with Crippen LogP contribution in [-0.2, 0) is 0 Å². The molecule has 1 rings (SSSR count). The van der Waals surface area contributed by atoms with E-state index >= 15 is 0 Å². The topological polar surface area (TPSA) is 15.3 Å². The molecule has 102 valence electrons. The molecule has 0 saturated carbocycles. The molecule has 0 bridgehead atoms. The Kier molecular flexibility index (Phi) is 7.14. The van der Waals surface area contributed by atoms with E-state index in [2.05, 4.69) is 31.0 Å². The first-order valence-electron chi connectivity index (χ1n) is 7.67. The van der Waals surface area contributed by atoms with Gasteiger partial charge < -0.3 is 10.2 Å². The average Bonchev–Trinajstić information content (AvgIpc) is 2.52. The first-order valence-corrected chi connectivity index (χ1v) is 7.67. The third-order valence-corrected chi connectivity index (χ3v) is 4.13. The fourth-order valence-corrected chi connectivity index (χ4v) is 2.69. The Bertz CT molecular complexity index is 193. The maximum Gasteiger partial charge on any atom is 0.0277 e. The second kappa shape index (κ2) is 8.10. The highest BCUT2D eigenvalue weighted by atomic mass is 15.2. The molecule has 0 aromatic heterocycles. The van der Waals surface area contributed by atoms with E-state index in [-0.39, 0.29) is 0 Å². The van der Waals surface area contributed by atoms with E-state index in [1.807, 2.05) is 0 Å². The predicted octanol–water partition coefficient (Wildman–Crippen LogP) is 3.42. The van der Waals surface area contributed by atoms with Crippen LogP contribution in [0.1, 0.15) is 65.7 Å². The van der Waals surface area contributed by atoms with Crippen LogP contribution in [0.25, 0.3) is 0 Å². The lowest BCUT2D eigenvalue weighted by Crippen LogP contribution is -2.48. The van der Waals surface area contributed by atoms with E-state index in [0.29, 0.717) is 5.54 Å². The monoisotopic (exact) mass is 240 g/mol. The zero-order chi connectivity index (χ0) is 12.6. The lowest BCUT2D eigenvalue weighted by atomic mass is 9.98. The molecule has 0 aromatic rings. The standard InChI is InChI=1S/C15H32N2/c1-4-6-7-8-9-12-17-13-10-11-16-15(3,5-2)14-17/h16H,4-14H2,1-3H3. The van der Waals surface area contributed by atoms with Gasteiger partial charge in [0.1, 0.15) is 0 Å². The van der Waals surface area contributed by atoms with E-state index < -0.39 is 0 Å². The minimum Gasteiger partial charge on any atom is -0.310 e. The number of hydrogen-bond donors (Lipinski definition) is 1. The number of nitrogens with zero attached hydrogens (tertiary/aromatic N) is 1. The minimum absolute atomic E-state index is 0.347. The van der Waals surface area contributed by atoms with Crippen molar-refractivity contribution in [3.05, 3.63) is 0 Å². The van der Waals surface area contributed by atoms with Gasteiger partial charge >= 0.3 is 0 Å². The third kappa shape index (κ3) is 5.87. The van der Waals surface area contributed by atoms with Crippen molar-refractivity contribution in [1.29, 1.82) is 0 Å². The number of rotatable bonds is 7. The van der Waals surface area contributed by atoms with E-state index in [1.165, 1.54) is 71.1 Å². The zero-order valence-electron chi connectivity index (χ0n) is 12.2. The Morgan fingerprint density at radius 3 is 2.59 bits per heavy atom. The molecule has 1 atom stereocenters. The fraction of sp³-hybridized carbons (Fsp3) is 1.00. The lowest BCUT2D eigenvalue weighted by Gasteiger charge is -2.32. The van der Waals surface area contributed by atoms with Gasteiger partial charge in [-0.05, 0) is 45.8 Å². The highest BCUT2D eigenvalue weighted by Crippen LogP contribution is 2.15. The molecule has 1 fully saturated rings. The molecule has 2 nitrogen and oxygen atoms in total. The zero-order valence-corrected chi connectivity index (χ0v) is 12.2. The molecule has 0 aromatic carbocycles. The van der Waals surface area contributed by atoms with Crippen molar-refractivity contribution >= 4 is 0 Å². The van der Waals surface area contributed by atoms with Crippen LogP contribution in [0.4, 0.5) is 0 Å². The summed E-state index contributed by atoms with van der Waals surface area (Å²) in [5.74, 6) is 0. The van der Waals surface area contributed by atoms with Crippen molar-refractivity contribution in [3.8, 4) is 0 Å². The molecule has 1 heterocycles. The highest BCUT2D eigenvalue weighted by Gasteiger charge is 2.26. The highest BCUT2D eigenvalue weighted by molar-refractivity contribution is 4.87. The molecule has 2 heteroatoms. The summed E-state index contributed by atoms with van der Waals surface area (Å²) in [5, 5.41) is 3.71. The van der Waals surface area contributed by atoms with Gasteiger partial charge in [-0.25, -0.2) is 0 Å². The predicted molar refractivity (Wildman–Crippen MR) is 76.5 cm³/mol. The molecule has 0 radical (unpaired) electrons. The van der Waals surface area contributed by atoms with Crippen molar-refractivity contribution in [2.75, 3.05) is 26.2 Å². The second-order valence-electron chi connectivity index (χ2n) is 5.88. The largest absolute Gasteiger partial charge is 0.310 e. The van der Waals surface area contributed by atoms with Crippen LogP contribution in [0.5, 0.6) is 0 Å². The summed E-state index contributed by atoms with van der Waals surface area (Å²) < 4.78 is 0. The second-order valence-corrected chi connectivity index (χ2v) is 5.88. The molecule has 0 amide bonds.